The molecule has 20 heavy (non-hydrogen) atoms. The Labute approximate surface area is 163 Å². The minimum absolute atomic E-state index is 0.0788. The highest BCUT2D eigenvalue weighted by atomic mass is 79.9. The van der Waals surface area contributed by atoms with Crippen LogP contribution in [0.3, 0.4) is 0 Å². The van der Waals surface area contributed by atoms with Crippen LogP contribution in [0.2, 0.25) is 0 Å². The highest BCUT2D eigenvalue weighted by molar-refractivity contribution is 9.24. The molecule has 114 valence electrons. The molecule has 0 N–H and O–H groups in total. The van der Waals surface area contributed by atoms with E-state index in [2.05, 4.69) is 98.7 Å². The molecule has 0 saturated carbocycles. The Kier molecular flexibility index (Phi) is 9.97. The second-order valence-corrected chi connectivity index (χ2v) is 11.4. The van der Waals surface area contributed by atoms with Crippen LogP contribution in [-0.2, 0) is 0 Å². The van der Waals surface area contributed by atoms with Crippen molar-refractivity contribution in [1.82, 2.24) is 0 Å². The topological polar surface area (TPSA) is 9.23 Å². The molecule has 6 heteroatoms. The monoisotopic (exact) mass is 596 g/mol. The van der Waals surface area contributed by atoms with Gasteiger partial charge in [-0.2, -0.15) is 0 Å². The first-order valence-corrected chi connectivity index (χ1v) is 10.9. The fourth-order valence-electron chi connectivity index (χ4n) is 1.76. The van der Waals surface area contributed by atoms with Crippen LogP contribution >= 0.6 is 79.6 Å². The molecule has 0 amide bonds. The molecule has 0 radical (unpaired) electrons. The molecule has 1 nitrogen and oxygen atoms in total. The molecule has 0 unspecified atom stereocenters. The Balaban J connectivity index is 2.82. The van der Waals surface area contributed by atoms with E-state index in [0.29, 0.717) is 0 Å². The number of hydrogen-bond donors (Lipinski definition) is 0. The van der Waals surface area contributed by atoms with Crippen molar-refractivity contribution in [2.24, 2.45) is 0 Å². The maximum atomic E-state index is 5.97. The molecular weight excluding hydrogens is 584 g/mol. The Morgan fingerprint density at radius 1 is 0.950 bits per heavy atom. The molecule has 0 fully saturated rings. The summed E-state index contributed by atoms with van der Waals surface area (Å²) in [5.41, 5.74) is 2.22. The van der Waals surface area contributed by atoms with Crippen LogP contribution in [0.5, 0.6) is 5.75 Å². The van der Waals surface area contributed by atoms with Crippen LogP contribution < -0.4 is 4.74 Å². The van der Waals surface area contributed by atoms with Gasteiger partial charge in [-0.25, -0.2) is 0 Å². The van der Waals surface area contributed by atoms with Crippen LogP contribution in [0.15, 0.2) is 16.6 Å². The van der Waals surface area contributed by atoms with E-state index in [1.807, 2.05) is 0 Å². The van der Waals surface area contributed by atoms with Crippen molar-refractivity contribution in [2.75, 3.05) is 6.61 Å². The number of rotatable bonds is 8. The molecule has 0 saturated heterocycles. The first-order valence-electron chi connectivity index (χ1n) is 6.49. The zero-order valence-corrected chi connectivity index (χ0v) is 19.1. The third kappa shape index (κ3) is 6.27. The second-order valence-electron chi connectivity index (χ2n) is 4.42. The van der Waals surface area contributed by atoms with Crippen LogP contribution in [0, 0.1) is 0 Å². The average Bonchev–Trinajstić information content (AvgIpc) is 2.39. The van der Waals surface area contributed by atoms with Crippen LogP contribution in [0.1, 0.15) is 51.2 Å². The molecular formula is C14H17Br5O. The minimum Gasteiger partial charge on any atom is -0.493 e. The van der Waals surface area contributed by atoms with Gasteiger partial charge in [0.05, 0.1) is 14.1 Å². The van der Waals surface area contributed by atoms with Gasteiger partial charge in [-0.1, -0.05) is 106 Å². The summed E-state index contributed by atoms with van der Waals surface area (Å²) in [4.78, 5) is 0. The van der Waals surface area contributed by atoms with Gasteiger partial charge < -0.3 is 4.74 Å². The summed E-state index contributed by atoms with van der Waals surface area (Å²) in [5.74, 6) is 0.919. The summed E-state index contributed by atoms with van der Waals surface area (Å²) >= 11 is 17.8. The zero-order chi connectivity index (χ0) is 15.1. The molecule has 0 bridgehead atoms. The number of alkyl halides is 4. The van der Waals surface area contributed by atoms with Crippen molar-refractivity contribution < 1.29 is 4.74 Å². The number of unbranched alkanes of at least 4 members (excludes halogenated alkanes) is 3. The molecule has 1 aromatic rings. The molecule has 0 aromatic heterocycles. The van der Waals surface area contributed by atoms with Crippen LogP contribution in [0.25, 0.3) is 0 Å². The molecule has 0 aliphatic carbocycles. The van der Waals surface area contributed by atoms with Crippen molar-refractivity contribution >= 4 is 79.6 Å². The molecule has 0 spiro atoms. The normalized spacial score (nSPS) is 11.4. The van der Waals surface area contributed by atoms with E-state index in [0.717, 1.165) is 34.4 Å². The van der Waals surface area contributed by atoms with Gasteiger partial charge in [0.25, 0.3) is 0 Å². The molecule has 0 aliphatic rings. The van der Waals surface area contributed by atoms with Crippen molar-refractivity contribution in [3.63, 3.8) is 0 Å². The van der Waals surface area contributed by atoms with Gasteiger partial charge in [-0.15, -0.1) is 0 Å². The second kappa shape index (κ2) is 10.2. The predicted molar refractivity (Wildman–Crippen MR) is 105 cm³/mol. The van der Waals surface area contributed by atoms with E-state index < -0.39 is 0 Å². The summed E-state index contributed by atoms with van der Waals surface area (Å²) in [5, 5.41) is 0. The largest absolute Gasteiger partial charge is 0.493 e. The lowest BCUT2D eigenvalue weighted by Gasteiger charge is -2.16. The fourth-order valence-corrected chi connectivity index (χ4v) is 4.44. The zero-order valence-electron chi connectivity index (χ0n) is 11.1. The van der Waals surface area contributed by atoms with Gasteiger partial charge in [0.2, 0.25) is 0 Å². The van der Waals surface area contributed by atoms with Gasteiger partial charge in [-0.3, -0.25) is 0 Å². The lowest BCUT2D eigenvalue weighted by Crippen LogP contribution is -2.01. The van der Waals surface area contributed by atoms with Crippen molar-refractivity contribution in [3.8, 4) is 5.75 Å². The van der Waals surface area contributed by atoms with Gasteiger partial charge in [-0.05, 0) is 24.1 Å². The first-order chi connectivity index (χ1) is 9.47. The Bertz CT molecular complexity index is 420. The van der Waals surface area contributed by atoms with E-state index in [1.54, 1.807) is 0 Å². The van der Waals surface area contributed by atoms with Crippen LogP contribution in [0.4, 0.5) is 0 Å². The summed E-state index contributed by atoms with van der Waals surface area (Å²) in [6.45, 7) is 2.97. The lowest BCUT2D eigenvalue weighted by atomic mass is 10.1. The molecule has 1 rings (SSSR count). The Hall–Kier alpha value is 1.42. The van der Waals surface area contributed by atoms with Gasteiger partial charge in [0.1, 0.15) is 5.75 Å². The van der Waals surface area contributed by atoms with E-state index in [-0.39, 0.29) is 7.47 Å². The van der Waals surface area contributed by atoms with Gasteiger partial charge >= 0.3 is 0 Å². The van der Waals surface area contributed by atoms with Gasteiger partial charge in [0, 0.05) is 10.0 Å². The molecule has 1 aromatic carbocycles. The highest BCUT2D eigenvalue weighted by Crippen LogP contribution is 2.43. The van der Waals surface area contributed by atoms with Crippen molar-refractivity contribution in [1.29, 1.82) is 0 Å². The van der Waals surface area contributed by atoms with Crippen molar-refractivity contribution in [3.05, 3.63) is 27.7 Å². The summed E-state index contributed by atoms with van der Waals surface area (Å²) in [6, 6.07) is 4.16. The number of halogens is 5. The summed E-state index contributed by atoms with van der Waals surface area (Å²) < 4.78 is 7.20. The quantitative estimate of drug-likeness (QED) is 0.217. The fraction of sp³-hybridized carbons (Fsp3) is 0.571. The molecule has 0 atom stereocenters. The third-order valence-corrected chi connectivity index (χ3v) is 5.51. The predicted octanol–water partition coefficient (Wildman–Crippen LogP) is 7.99. The van der Waals surface area contributed by atoms with E-state index >= 15 is 0 Å². The van der Waals surface area contributed by atoms with E-state index in [1.165, 1.54) is 19.3 Å². The molecule has 0 heterocycles. The molecule has 0 aliphatic heterocycles. The number of ether oxygens (including phenoxy) is 1. The standard InChI is InChI=1S/C14H17Br5O/c1-2-3-4-5-6-20-12-8-9(13(16)17)11(15)7-10(12)14(18)19/h7-8,13-14H,2-6H2,1H3. The third-order valence-electron chi connectivity index (χ3n) is 2.85. The first kappa shape index (κ1) is 19.5. The van der Waals surface area contributed by atoms with Crippen LogP contribution in [-0.4, -0.2) is 6.61 Å². The Morgan fingerprint density at radius 3 is 2.15 bits per heavy atom. The number of hydrogen-bond acceptors (Lipinski definition) is 1. The maximum Gasteiger partial charge on any atom is 0.124 e. The highest BCUT2D eigenvalue weighted by Gasteiger charge is 2.17. The van der Waals surface area contributed by atoms with E-state index in [4.69, 9.17) is 4.74 Å². The summed E-state index contributed by atoms with van der Waals surface area (Å²) in [7, 11) is 0. The SMILES string of the molecule is CCCCCCOc1cc(C(Br)Br)c(Br)cc1C(Br)Br. The van der Waals surface area contributed by atoms with Gasteiger partial charge in [0.15, 0.2) is 0 Å². The average molecular weight is 601 g/mol. The maximum absolute atomic E-state index is 5.97. The minimum atomic E-state index is 0.0788. The Morgan fingerprint density at radius 2 is 1.60 bits per heavy atom. The summed E-state index contributed by atoms with van der Waals surface area (Å²) in [6.07, 6.45) is 4.83. The van der Waals surface area contributed by atoms with E-state index in [9.17, 15) is 0 Å². The van der Waals surface area contributed by atoms with Crippen molar-refractivity contribution in [2.45, 2.75) is 40.1 Å². The number of benzene rings is 1. The lowest BCUT2D eigenvalue weighted by molar-refractivity contribution is 0.302. The smallest absolute Gasteiger partial charge is 0.124 e.